The Kier molecular flexibility index (Phi) is 5.38. The number of thiophene rings is 1. The number of carboxylic acid groups (broad SMARTS) is 1. The molecule has 2 rings (SSSR count). The third-order valence-corrected chi connectivity index (χ3v) is 4.51. The smallest absolute Gasteiger partial charge is 0.328 e. The van der Waals surface area contributed by atoms with E-state index < -0.39 is 5.97 Å². The fourth-order valence-electron chi connectivity index (χ4n) is 2.23. The summed E-state index contributed by atoms with van der Waals surface area (Å²) in [6.45, 7) is 6.62. The molecular formula is C16H23NO2S. The Hall–Kier alpha value is -1.13. The molecule has 3 nitrogen and oxygen atoms in total. The summed E-state index contributed by atoms with van der Waals surface area (Å²) in [7, 11) is 0. The molecule has 0 aromatic carbocycles. The van der Waals surface area contributed by atoms with Gasteiger partial charge in [0.15, 0.2) is 0 Å². The van der Waals surface area contributed by atoms with Crippen molar-refractivity contribution >= 4 is 23.4 Å². The largest absolute Gasteiger partial charge is 0.478 e. The van der Waals surface area contributed by atoms with Crippen molar-refractivity contribution in [3.8, 4) is 0 Å². The number of carbonyl (C=O) groups is 1. The molecule has 0 saturated heterocycles. The second kappa shape index (κ2) is 7.04. The van der Waals surface area contributed by atoms with Gasteiger partial charge < -0.3 is 5.11 Å². The molecule has 0 unspecified atom stereocenters. The van der Waals surface area contributed by atoms with Crippen LogP contribution in [0.5, 0.6) is 0 Å². The molecule has 110 valence electrons. The predicted molar refractivity (Wildman–Crippen MR) is 83.9 cm³/mol. The molecular weight excluding hydrogens is 270 g/mol. The summed E-state index contributed by atoms with van der Waals surface area (Å²) in [5.41, 5.74) is 1.05. The van der Waals surface area contributed by atoms with Crippen molar-refractivity contribution in [1.29, 1.82) is 0 Å². The van der Waals surface area contributed by atoms with Crippen molar-refractivity contribution in [2.45, 2.75) is 45.7 Å². The van der Waals surface area contributed by atoms with E-state index in [0.717, 1.165) is 30.6 Å². The predicted octanol–water partition coefficient (Wildman–Crippen LogP) is 3.86. The molecule has 1 heterocycles. The van der Waals surface area contributed by atoms with Crippen molar-refractivity contribution in [3.05, 3.63) is 28.0 Å². The highest BCUT2D eigenvalue weighted by Crippen LogP contribution is 2.31. The molecule has 1 aliphatic rings. The van der Waals surface area contributed by atoms with E-state index >= 15 is 0 Å². The fraction of sp³-hybridized carbons (Fsp3) is 0.562. The van der Waals surface area contributed by atoms with E-state index in [9.17, 15) is 4.79 Å². The van der Waals surface area contributed by atoms with Crippen LogP contribution in [0.1, 0.15) is 43.6 Å². The van der Waals surface area contributed by atoms with Crippen molar-refractivity contribution in [1.82, 2.24) is 4.90 Å². The van der Waals surface area contributed by atoms with Crippen LogP contribution in [0.4, 0.5) is 0 Å². The van der Waals surface area contributed by atoms with Crippen LogP contribution in [0, 0.1) is 5.92 Å². The third kappa shape index (κ3) is 4.76. The zero-order valence-corrected chi connectivity index (χ0v) is 13.0. The molecule has 0 aliphatic heterocycles. The van der Waals surface area contributed by atoms with Crippen molar-refractivity contribution in [2.24, 2.45) is 5.92 Å². The number of aliphatic carboxylic acids is 1. The Morgan fingerprint density at radius 2 is 2.30 bits per heavy atom. The van der Waals surface area contributed by atoms with Crippen molar-refractivity contribution in [3.63, 3.8) is 0 Å². The second-order valence-electron chi connectivity index (χ2n) is 5.85. The summed E-state index contributed by atoms with van der Waals surface area (Å²) in [4.78, 5) is 14.5. The summed E-state index contributed by atoms with van der Waals surface area (Å²) >= 11 is 1.72. The van der Waals surface area contributed by atoms with Crippen molar-refractivity contribution < 1.29 is 9.90 Å². The average Bonchev–Trinajstić information content (AvgIpc) is 3.13. The highest BCUT2D eigenvalue weighted by molar-refractivity contribution is 7.10. The molecule has 0 spiro atoms. The normalized spacial score (nSPS) is 15.6. The first-order chi connectivity index (χ1) is 9.56. The molecule has 1 saturated carbocycles. The van der Waals surface area contributed by atoms with Crippen LogP contribution in [-0.4, -0.2) is 28.6 Å². The van der Waals surface area contributed by atoms with E-state index in [4.69, 9.17) is 5.11 Å². The number of hydrogen-bond acceptors (Lipinski definition) is 3. The van der Waals surface area contributed by atoms with E-state index in [1.165, 1.54) is 30.2 Å². The quantitative estimate of drug-likeness (QED) is 0.740. The van der Waals surface area contributed by atoms with E-state index in [1.807, 2.05) is 11.4 Å². The lowest BCUT2D eigenvalue weighted by molar-refractivity contribution is -0.131. The lowest BCUT2D eigenvalue weighted by Crippen LogP contribution is -2.27. The molecule has 1 fully saturated rings. The number of nitrogens with zero attached hydrogens (tertiary/aromatic N) is 1. The first-order valence-electron chi connectivity index (χ1n) is 7.27. The van der Waals surface area contributed by atoms with Crippen LogP contribution in [-0.2, 0) is 11.3 Å². The van der Waals surface area contributed by atoms with Gasteiger partial charge >= 0.3 is 5.97 Å². The molecule has 4 heteroatoms. The maximum absolute atomic E-state index is 10.6. The number of hydrogen-bond donors (Lipinski definition) is 1. The van der Waals surface area contributed by atoms with Gasteiger partial charge in [-0.25, -0.2) is 4.79 Å². The Morgan fingerprint density at radius 3 is 2.90 bits per heavy atom. The topological polar surface area (TPSA) is 40.5 Å². The average molecular weight is 293 g/mol. The Bertz CT molecular complexity index is 475. The van der Waals surface area contributed by atoms with Gasteiger partial charge in [-0.3, -0.25) is 4.90 Å². The van der Waals surface area contributed by atoms with Crippen LogP contribution in [0.3, 0.4) is 0 Å². The van der Waals surface area contributed by atoms with Gasteiger partial charge in [0, 0.05) is 23.5 Å². The van der Waals surface area contributed by atoms with Gasteiger partial charge in [0.25, 0.3) is 0 Å². The van der Waals surface area contributed by atoms with Crippen LogP contribution >= 0.6 is 11.3 Å². The van der Waals surface area contributed by atoms with Gasteiger partial charge in [0.05, 0.1) is 0 Å². The van der Waals surface area contributed by atoms with Crippen LogP contribution in [0.15, 0.2) is 17.5 Å². The van der Waals surface area contributed by atoms with Gasteiger partial charge in [-0.2, -0.15) is 0 Å². The van der Waals surface area contributed by atoms with Gasteiger partial charge in [-0.1, -0.05) is 13.8 Å². The summed E-state index contributed by atoms with van der Waals surface area (Å²) in [6, 6.07) is 2.75. The maximum Gasteiger partial charge on any atom is 0.328 e. The van der Waals surface area contributed by atoms with Crippen molar-refractivity contribution in [2.75, 3.05) is 6.54 Å². The molecule has 0 bridgehead atoms. The first-order valence-corrected chi connectivity index (χ1v) is 8.15. The summed E-state index contributed by atoms with van der Waals surface area (Å²) in [6.07, 6.45) is 6.78. The first kappa shape index (κ1) is 15.3. The standard InChI is InChI=1S/C16H23NO2S/c1-12(2)7-9-17(14-4-5-14)11-15-13(8-10-20-15)3-6-16(18)19/h3,6,8,10,12,14H,4-5,7,9,11H2,1-2H3,(H,18,19)/b6-3+. The Balaban J connectivity index is 1.99. The van der Waals surface area contributed by atoms with Gasteiger partial charge in [-0.15, -0.1) is 11.3 Å². The molecule has 0 atom stereocenters. The summed E-state index contributed by atoms with van der Waals surface area (Å²) in [5, 5.41) is 10.8. The minimum absolute atomic E-state index is 0.728. The lowest BCUT2D eigenvalue weighted by Gasteiger charge is -2.22. The summed E-state index contributed by atoms with van der Waals surface area (Å²) < 4.78 is 0. The van der Waals surface area contributed by atoms with Crippen LogP contribution in [0.25, 0.3) is 6.08 Å². The van der Waals surface area contributed by atoms with Gasteiger partial charge in [0.2, 0.25) is 0 Å². The molecule has 1 aromatic rings. The Morgan fingerprint density at radius 1 is 1.55 bits per heavy atom. The number of carboxylic acids is 1. The molecule has 1 aliphatic carbocycles. The molecule has 0 amide bonds. The lowest BCUT2D eigenvalue weighted by atomic mass is 10.1. The fourth-order valence-corrected chi connectivity index (χ4v) is 3.12. The second-order valence-corrected chi connectivity index (χ2v) is 6.86. The molecule has 20 heavy (non-hydrogen) atoms. The van der Waals surface area contributed by atoms with Crippen LogP contribution in [0.2, 0.25) is 0 Å². The SMILES string of the molecule is CC(C)CCN(Cc1sccc1/C=C/C(=O)O)C1CC1. The summed E-state index contributed by atoms with van der Waals surface area (Å²) in [5.74, 6) is -0.160. The van der Waals surface area contributed by atoms with E-state index in [2.05, 4.69) is 18.7 Å². The minimum atomic E-state index is -0.888. The molecule has 1 N–H and O–H groups in total. The van der Waals surface area contributed by atoms with E-state index in [1.54, 1.807) is 17.4 Å². The zero-order chi connectivity index (χ0) is 14.5. The maximum atomic E-state index is 10.6. The third-order valence-electron chi connectivity index (χ3n) is 3.59. The highest BCUT2D eigenvalue weighted by Gasteiger charge is 2.29. The monoisotopic (exact) mass is 293 g/mol. The van der Waals surface area contributed by atoms with E-state index in [0.29, 0.717) is 0 Å². The van der Waals surface area contributed by atoms with E-state index in [-0.39, 0.29) is 0 Å². The van der Waals surface area contributed by atoms with Crippen LogP contribution < -0.4 is 0 Å². The zero-order valence-electron chi connectivity index (χ0n) is 12.2. The number of rotatable bonds is 8. The van der Waals surface area contributed by atoms with Gasteiger partial charge in [-0.05, 0) is 54.8 Å². The van der Waals surface area contributed by atoms with Gasteiger partial charge in [0.1, 0.15) is 0 Å². The molecule has 1 aromatic heterocycles. The highest BCUT2D eigenvalue weighted by atomic mass is 32.1. The Labute approximate surface area is 124 Å². The molecule has 0 radical (unpaired) electrons. The minimum Gasteiger partial charge on any atom is -0.478 e.